The van der Waals surface area contributed by atoms with E-state index in [1.807, 2.05) is 48.1 Å². The first-order valence-electron chi connectivity index (χ1n) is 9.63. The number of aromatic nitrogens is 4. The van der Waals surface area contributed by atoms with Crippen molar-refractivity contribution in [2.45, 2.75) is 19.8 Å². The fraction of sp³-hybridized carbons (Fsp3) is 0.333. The number of amides is 1. The highest BCUT2D eigenvalue weighted by Crippen LogP contribution is 2.26. The monoisotopic (exact) mass is 392 g/mol. The summed E-state index contributed by atoms with van der Waals surface area (Å²) >= 11 is 0. The van der Waals surface area contributed by atoms with Crippen LogP contribution in [0.1, 0.15) is 18.5 Å². The number of anilines is 1. The van der Waals surface area contributed by atoms with Crippen molar-refractivity contribution in [3.8, 4) is 22.7 Å². The second-order valence-electron chi connectivity index (χ2n) is 7.18. The average molecular weight is 392 g/mol. The number of hydrogen-bond acceptors (Lipinski definition) is 6. The minimum absolute atomic E-state index is 0.0561. The maximum absolute atomic E-state index is 11.4. The van der Waals surface area contributed by atoms with E-state index in [1.54, 1.807) is 13.3 Å². The van der Waals surface area contributed by atoms with Gasteiger partial charge in [0.2, 0.25) is 11.9 Å². The van der Waals surface area contributed by atoms with Crippen LogP contribution in [-0.4, -0.2) is 45.9 Å². The highest BCUT2D eigenvalue weighted by atomic mass is 16.5. The summed E-state index contributed by atoms with van der Waals surface area (Å²) in [5.41, 5.74) is 9.04. The van der Waals surface area contributed by atoms with Gasteiger partial charge in [0.1, 0.15) is 5.75 Å². The Labute approximate surface area is 169 Å². The molecule has 1 aromatic carbocycles. The van der Waals surface area contributed by atoms with Crippen LogP contribution in [0.5, 0.6) is 5.75 Å². The van der Waals surface area contributed by atoms with Gasteiger partial charge >= 0.3 is 0 Å². The first-order valence-corrected chi connectivity index (χ1v) is 9.63. The van der Waals surface area contributed by atoms with Crippen LogP contribution in [0.2, 0.25) is 0 Å². The molecule has 0 atom stereocenters. The van der Waals surface area contributed by atoms with Crippen molar-refractivity contribution in [3.63, 3.8) is 0 Å². The smallest absolute Gasteiger partial charge is 0.225 e. The molecule has 8 heteroatoms. The van der Waals surface area contributed by atoms with E-state index in [2.05, 4.69) is 15.0 Å². The van der Waals surface area contributed by atoms with Crippen LogP contribution in [0.3, 0.4) is 0 Å². The van der Waals surface area contributed by atoms with E-state index in [0.717, 1.165) is 54.3 Å². The van der Waals surface area contributed by atoms with Gasteiger partial charge in [0.25, 0.3) is 0 Å². The minimum Gasteiger partial charge on any atom is -0.497 e. The molecule has 0 radical (unpaired) electrons. The Morgan fingerprint density at radius 2 is 1.90 bits per heavy atom. The number of piperidine rings is 1. The molecule has 0 bridgehead atoms. The lowest BCUT2D eigenvalue weighted by molar-refractivity contribution is -0.122. The molecule has 1 saturated heterocycles. The Morgan fingerprint density at radius 1 is 1.17 bits per heavy atom. The maximum Gasteiger partial charge on any atom is 0.225 e. The zero-order chi connectivity index (χ0) is 20.4. The molecule has 3 heterocycles. The summed E-state index contributed by atoms with van der Waals surface area (Å²) in [5.74, 6) is 1.20. The summed E-state index contributed by atoms with van der Waals surface area (Å²) in [7, 11) is 1.65. The number of nitrogens with zero attached hydrogens (tertiary/aromatic N) is 5. The standard InChI is InChI=1S/C21H24N6O2/c1-14-18(13-27(25-14)16-3-5-17(29-2)6-4-16)19-7-10-23-21(24-19)26-11-8-15(9-12-26)20(22)28/h3-7,10,13,15H,8-9,11-12H2,1-2H3,(H2,22,28). The number of nitrogens with two attached hydrogens (primary N) is 1. The van der Waals surface area contributed by atoms with Crippen LogP contribution in [0, 0.1) is 12.8 Å². The van der Waals surface area contributed by atoms with E-state index in [0.29, 0.717) is 5.95 Å². The molecule has 0 spiro atoms. The average Bonchev–Trinajstić information content (AvgIpc) is 3.15. The van der Waals surface area contributed by atoms with Crippen molar-refractivity contribution in [2.24, 2.45) is 11.7 Å². The van der Waals surface area contributed by atoms with Crippen molar-refractivity contribution >= 4 is 11.9 Å². The number of rotatable bonds is 5. The second kappa shape index (κ2) is 7.90. The van der Waals surface area contributed by atoms with Crippen LogP contribution in [0.25, 0.3) is 16.9 Å². The fourth-order valence-electron chi connectivity index (χ4n) is 3.59. The molecular weight excluding hydrogens is 368 g/mol. The number of methoxy groups -OCH3 is 1. The van der Waals surface area contributed by atoms with Gasteiger partial charge in [0.15, 0.2) is 0 Å². The minimum atomic E-state index is -0.221. The molecule has 0 saturated carbocycles. The molecule has 4 rings (SSSR count). The van der Waals surface area contributed by atoms with Gasteiger partial charge in [-0.3, -0.25) is 4.79 Å². The van der Waals surface area contributed by atoms with Crippen LogP contribution >= 0.6 is 0 Å². The number of carbonyl (C=O) groups excluding carboxylic acids is 1. The number of aryl methyl sites for hydroxylation is 1. The van der Waals surface area contributed by atoms with E-state index in [-0.39, 0.29) is 11.8 Å². The summed E-state index contributed by atoms with van der Waals surface area (Å²) in [5, 5.41) is 4.63. The van der Waals surface area contributed by atoms with Gasteiger partial charge < -0.3 is 15.4 Å². The third kappa shape index (κ3) is 3.91. The number of ether oxygens (including phenoxy) is 1. The van der Waals surface area contributed by atoms with Gasteiger partial charge in [-0.2, -0.15) is 5.10 Å². The molecule has 2 aromatic heterocycles. The van der Waals surface area contributed by atoms with E-state index in [4.69, 9.17) is 15.5 Å². The lowest BCUT2D eigenvalue weighted by Crippen LogP contribution is -2.39. The number of carbonyl (C=O) groups is 1. The van der Waals surface area contributed by atoms with E-state index in [9.17, 15) is 4.79 Å². The lowest BCUT2D eigenvalue weighted by Gasteiger charge is -2.30. The second-order valence-corrected chi connectivity index (χ2v) is 7.18. The molecule has 0 unspecified atom stereocenters. The molecule has 2 N–H and O–H groups in total. The van der Waals surface area contributed by atoms with Crippen LogP contribution in [0.4, 0.5) is 5.95 Å². The third-order valence-corrected chi connectivity index (χ3v) is 5.33. The summed E-state index contributed by atoms with van der Waals surface area (Å²) < 4.78 is 7.05. The fourth-order valence-corrected chi connectivity index (χ4v) is 3.59. The third-order valence-electron chi connectivity index (χ3n) is 5.33. The molecule has 1 aliphatic rings. The highest BCUT2D eigenvalue weighted by Gasteiger charge is 2.24. The van der Waals surface area contributed by atoms with Gasteiger partial charge in [-0.25, -0.2) is 14.6 Å². The van der Waals surface area contributed by atoms with E-state index in [1.165, 1.54) is 0 Å². The van der Waals surface area contributed by atoms with E-state index < -0.39 is 0 Å². The maximum atomic E-state index is 11.4. The van der Waals surface area contributed by atoms with Crippen molar-refractivity contribution in [1.29, 1.82) is 0 Å². The Morgan fingerprint density at radius 3 is 2.55 bits per heavy atom. The molecule has 1 fully saturated rings. The Balaban J connectivity index is 1.57. The Bertz CT molecular complexity index is 1010. The molecular formula is C21H24N6O2. The molecule has 150 valence electrons. The highest BCUT2D eigenvalue weighted by molar-refractivity contribution is 5.77. The molecule has 1 amide bonds. The van der Waals surface area contributed by atoms with Crippen molar-refractivity contribution < 1.29 is 9.53 Å². The largest absolute Gasteiger partial charge is 0.497 e. The van der Waals surface area contributed by atoms with Crippen molar-refractivity contribution in [1.82, 2.24) is 19.7 Å². The van der Waals surface area contributed by atoms with Crippen LogP contribution in [0.15, 0.2) is 42.7 Å². The quantitative estimate of drug-likeness (QED) is 0.716. The van der Waals surface area contributed by atoms with Crippen molar-refractivity contribution in [2.75, 3.05) is 25.1 Å². The number of benzene rings is 1. The zero-order valence-corrected chi connectivity index (χ0v) is 16.6. The predicted octanol–water partition coefficient (Wildman–Crippen LogP) is 2.35. The van der Waals surface area contributed by atoms with Crippen LogP contribution < -0.4 is 15.4 Å². The van der Waals surface area contributed by atoms with E-state index >= 15 is 0 Å². The Hall–Kier alpha value is -3.42. The van der Waals surface area contributed by atoms with Gasteiger partial charge in [0, 0.05) is 37.0 Å². The predicted molar refractivity (Wildman–Crippen MR) is 110 cm³/mol. The SMILES string of the molecule is COc1ccc(-n2cc(-c3ccnc(N4CCC(C(N)=O)CC4)n3)c(C)n2)cc1. The molecule has 1 aliphatic heterocycles. The normalized spacial score (nSPS) is 14.8. The molecule has 8 nitrogen and oxygen atoms in total. The molecule has 3 aromatic rings. The first kappa shape index (κ1) is 18.9. The first-order chi connectivity index (χ1) is 14.0. The van der Waals surface area contributed by atoms with Crippen molar-refractivity contribution in [3.05, 3.63) is 48.4 Å². The summed E-state index contributed by atoms with van der Waals surface area (Å²) in [6, 6.07) is 9.63. The van der Waals surface area contributed by atoms with Gasteiger partial charge in [-0.05, 0) is 50.1 Å². The van der Waals surface area contributed by atoms with Gasteiger partial charge in [-0.1, -0.05) is 0 Å². The molecule has 29 heavy (non-hydrogen) atoms. The summed E-state index contributed by atoms with van der Waals surface area (Å²) in [6.45, 7) is 3.41. The van der Waals surface area contributed by atoms with Gasteiger partial charge in [-0.15, -0.1) is 0 Å². The summed E-state index contributed by atoms with van der Waals surface area (Å²) in [4.78, 5) is 22.7. The topological polar surface area (TPSA) is 99.2 Å². The Kier molecular flexibility index (Phi) is 5.16. The van der Waals surface area contributed by atoms with Crippen LogP contribution in [-0.2, 0) is 4.79 Å². The number of primary amides is 1. The molecule has 0 aliphatic carbocycles. The lowest BCUT2D eigenvalue weighted by atomic mass is 9.96. The number of hydrogen-bond donors (Lipinski definition) is 1. The van der Waals surface area contributed by atoms with Gasteiger partial charge in [0.05, 0.1) is 24.2 Å². The summed E-state index contributed by atoms with van der Waals surface area (Å²) in [6.07, 6.45) is 5.21. The zero-order valence-electron chi connectivity index (χ0n) is 16.6.